The van der Waals surface area contributed by atoms with Crippen molar-refractivity contribution >= 4 is 5.91 Å². The molecule has 0 radical (unpaired) electrons. The first-order valence-electron chi connectivity index (χ1n) is 21.5. The molecule has 48 heavy (non-hydrogen) atoms. The lowest BCUT2D eigenvalue weighted by atomic mass is 10.0. The normalized spacial score (nSPS) is 13.7. The Hall–Kier alpha value is -0.910. The van der Waals surface area contributed by atoms with Gasteiger partial charge in [-0.2, -0.15) is 0 Å². The van der Waals surface area contributed by atoms with E-state index < -0.39 is 24.2 Å². The van der Waals surface area contributed by atoms with Crippen molar-refractivity contribution in [1.29, 1.82) is 0 Å². The molecule has 3 atom stereocenters. The van der Waals surface area contributed by atoms with Crippen LogP contribution in [0.5, 0.6) is 0 Å². The molecule has 0 saturated carbocycles. The van der Waals surface area contributed by atoms with Gasteiger partial charge in [-0.3, -0.25) is 4.79 Å². The molecule has 0 aromatic carbocycles. The first-order valence-corrected chi connectivity index (χ1v) is 21.5. The molecule has 0 aliphatic heterocycles. The van der Waals surface area contributed by atoms with Gasteiger partial charge < -0.3 is 20.6 Å². The average molecular weight is 680 g/mol. The maximum absolute atomic E-state index is 12.4. The van der Waals surface area contributed by atoms with Crippen molar-refractivity contribution in [3.05, 3.63) is 12.2 Å². The number of amides is 1. The SMILES string of the molecule is CCCCCCCCCCCCCC/C=C/C(O)C(CO)NC(=O)C(O)CCCCCCCCCCCCCCCCCCCCCC. The van der Waals surface area contributed by atoms with Crippen molar-refractivity contribution in [2.24, 2.45) is 0 Å². The molecule has 0 aromatic rings. The van der Waals surface area contributed by atoms with Crippen LogP contribution in [0.25, 0.3) is 0 Å². The van der Waals surface area contributed by atoms with E-state index >= 15 is 0 Å². The number of aliphatic hydroxyl groups excluding tert-OH is 3. The lowest BCUT2D eigenvalue weighted by Crippen LogP contribution is -2.48. The van der Waals surface area contributed by atoms with Gasteiger partial charge in [0.1, 0.15) is 6.10 Å². The van der Waals surface area contributed by atoms with Crippen molar-refractivity contribution in [2.75, 3.05) is 6.61 Å². The summed E-state index contributed by atoms with van der Waals surface area (Å²) >= 11 is 0. The largest absolute Gasteiger partial charge is 0.394 e. The number of allylic oxidation sites excluding steroid dienone is 1. The number of hydrogen-bond donors (Lipinski definition) is 4. The Morgan fingerprint density at radius 2 is 0.812 bits per heavy atom. The van der Waals surface area contributed by atoms with Gasteiger partial charge in [-0.25, -0.2) is 0 Å². The molecule has 0 fully saturated rings. The van der Waals surface area contributed by atoms with E-state index in [0.29, 0.717) is 6.42 Å². The fraction of sp³-hybridized carbons (Fsp3) is 0.930. The second kappa shape index (κ2) is 38.9. The molecular formula is C43H85NO4. The summed E-state index contributed by atoms with van der Waals surface area (Å²) in [5.41, 5.74) is 0. The summed E-state index contributed by atoms with van der Waals surface area (Å²) < 4.78 is 0. The number of hydrogen-bond acceptors (Lipinski definition) is 4. The molecular weight excluding hydrogens is 594 g/mol. The molecule has 0 aromatic heterocycles. The third-order valence-electron chi connectivity index (χ3n) is 10.1. The van der Waals surface area contributed by atoms with Gasteiger partial charge in [0.2, 0.25) is 5.91 Å². The number of rotatable bonds is 39. The Kier molecular flexibility index (Phi) is 38.1. The van der Waals surface area contributed by atoms with Crippen LogP contribution in [0.4, 0.5) is 0 Å². The summed E-state index contributed by atoms with van der Waals surface area (Å²) in [6.45, 7) is 4.19. The molecule has 4 N–H and O–H groups in total. The van der Waals surface area contributed by atoms with Gasteiger partial charge in [0.05, 0.1) is 18.8 Å². The number of nitrogens with one attached hydrogen (secondary N) is 1. The van der Waals surface area contributed by atoms with Crippen molar-refractivity contribution in [3.8, 4) is 0 Å². The number of carbonyl (C=O) groups excluding carboxylic acids is 1. The highest BCUT2D eigenvalue weighted by Crippen LogP contribution is 2.16. The van der Waals surface area contributed by atoms with Crippen LogP contribution in [0, 0.1) is 0 Å². The molecule has 0 rings (SSSR count). The van der Waals surface area contributed by atoms with Crippen LogP contribution in [-0.2, 0) is 4.79 Å². The minimum absolute atomic E-state index is 0.359. The van der Waals surface area contributed by atoms with Crippen LogP contribution in [0.15, 0.2) is 12.2 Å². The monoisotopic (exact) mass is 680 g/mol. The zero-order valence-corrected chi connectivity index (χ0v) is 32.4. The second-order valence-corrected chi connectivity index (χ2v) is 14.9. The minimum atomic E-state index is -1.09. The molecule has 0 aliphatic carbocycles. The van der Waals surface area contributed by atoms with Crippen molar-refractivity contribution in [2.45, 2.75) is 250 Å². The summed E-state index contributed by atoms with van der Waals surface area (Å²) in [5.74, 6) is -0.500. The quantitative estimate of drug-likeness (QED) is 0.0384. The first-order chi connectivity index (χ1) is 23.6. The van der Waals surface area contributed by atoms with E-state index in [1.807, 2.05) is 6.08 Å². The maximum Gasteiger partial charge on any atom is 0.249 e. The molecule has 0 aliphatic rings. The highest BCUT2D eigenvalue weighted by Gasteiger charge is 2.22. The van der Waals surface area contributed by atoms with Gasteiger partial charge in [-0.15, -0.1) is 0 Å². The number of carbonyl (C=O) groups is 1. The van der Waals surface area contributed by atoms with Gasteiger partial charge in [0.25, 0.3) is 0 Å². The van der Waals surface area contributed by atoms with Gasteiger partial charge in [0.15, 0.2) is 0 Å². The summed E-state index contributed by atoms with van der Waals surface area (Å²) in [4.78, 5) is 12.4. The predicted molar refractivity (Wildman–Crippen MR) is 208 cm³/mol. The van der Waals surface area contributed by atoms with E-state index in [4.69, 9.17) is 0 Å². The molecule has 1 amide bonds. The topological polar surface area (TPSA) is 89.8 Å². The Morgan fingerprint density at radius 1 is 0.500 bits per heavy atom. The van der Waals surface area contributed by atoms with Crippen LogP contribution in [-0.4, -0.2) is 46.1 Å². The van der Waals surface area contributed by atoms with Crippen LogP contribution in [0.3, 0.4) is 0 Å². The van der Waals surface area contributed by atoms with E-state index in [-0.39, 0.29) is 6.61 Å². The summed E-state index contributed by atoms with van der Waals surface area (Å²) in [5, 5.41) is 33.1. The summed E-state index contributed by atoms with van der Waals surface area (Å²) in [7, 11) is 0. The van der Waals surface area contributed by atoms with Crippen LogP contribution < -0.4 is 5.32 Å². The Bertz CT molecular complexity index is 669. The number of unbranched alkanes of at least 4 members (excludes halogenated alkanes) is 31. The van der Waals surface area contributed by atoms with Crippen LogP contribution in [0.2, 0.25) is 0 Å². The lowest BCUT2D eigenvalue weighted by molar-refractivity contribution is -0.131. The van der Waals surface area contributed by atoms with E-state index in [0.717, 1.165) is 32.1 Å². The highest BCUT2D eigenvalue weighted by atomic mass is 16.3. The summed E-state index contributed by atoms with van der Waals surface area (Å²) in [6.07, 6.45) is 45.2. The molecule has 0 bridgehead atoms. The highest BCUT2D eigenvalue weighted by molar-refractivity contribution is 5.80. The van der Waals surface area contributed by atoms with Gasteiger partial charge in [-0.05, 0) is 19.3 Å². The fourth-order valence-electron chi connectivity index (χ4n) is 6.71. The molecule has 5 heteroatoms. The summed E-state index contributed by atoms with van der Waals surface area (Å²) in [6, 6.07) is -0.791. The second-order valence-electron chi connectivity index (χ2n) is 14.9. The number of aliphatic hydroxyl groups is 3. The van der Waals surface area contributed by atoms with Crippen molar-refractivity contribution in [1.82, 2.24) is 5.32 Å². The van der Waals surface area contributed by atoms with Gasteiger partial charge in [0, 0.05) is 0 Å². The fourth-order valence-corrected chi connectivity index (χ4v) is 6.71. The zero-order valence-electron chi connectivity index (χ0n) is 32.4. The third kappa shape index (κ3) is 33.6. The molecule has 5 nitrogen and oxygen atoms in total. The average Bonchev–Trinajstić information content (AvgIpc) is 3.09. The lowest BCUT2D eigenvalue weighted by Gasteiger charge is -2.21. The van der Waals surface area contributed by atoms with E-state index in [9.17, 15) is 20.1 Å². The maximum atomic E-state index is 12.4. The molecule has 0 heterocycles. The molecule has 3 unspecified atom stereocenters. The van der Waals surface area contributed by atoms with E-state index in [2.05, 4.69) is 19.2 Å². The van der Waals surface area contributed by atoms with Gasteiger partial charge in [-0.1, -0.05) is 225 Å². The van der Waals surface area contributed by atoms with Crippen molar-refractivity contribution in [3.63, 3.8) is 0 Å². The van der Waals surface area contributed by atoms with Crippen molar-refractivity contribution < 1.29 is 20.1 Å². The smallest absolute Gasteiger partial charge is 0.249 e. The minimum Gasteiger partial charge on any atom is -0.394 e. The Morgan fingerprint density at radius 3 is 1.15 bits per heavy atom. The van der Waals surface area contributed by atoms with E-state index in [1.54, 1.807) is 6.08 Å². The molecule has 0 saturated heterocycles. The van der Waals surface area contributed by atoms with Crippen LogP contribution in [0.1, 0.15) is 232 Å². The van der Waals surface area contributed by atoms with E-state index in [1.165, 1.54) is 180 Å². The standard InChI is InChI=1S/C43H85NO4/c1-3-5-7-9-11-13-15-17-19-20-21-22-23-24-26-28-30-32-34-36-38-42(47)43(48)44-40(39-45)41(46)37-35-33-31-29-27-25-18-16-14-12-10-8-6-4-2/h35,37,40-42,45-47H,3-34,36,38-39H2,1-2H3,(H,44,48)/b37-35+. The van der Waals surface area contributed by atoms with Gasteiger partial charge >= 0.3 is 0 Å². The predicted octanol–water partition coefficient (Wildman–Crippen LogP) is 12.0. The molecule has 286 valence electrons. The third-order valence-corrected chi connectivity index (χ3v) is 10.1. The van der Waals surface area contributed by atoms with Crippen LogP contribution >= 0.6 is 0 Å². The zero-order chi connectivity index (χ0) is 35.2. The molecule has 0 spiro atoms. The Balaban J connectivity index is 3.63. The first kappa shape index (κ1) is 47.1. The Labute approximate surface area is 299 Å².